The van der Waals surface area contributed by atoms with Crippen LogP contribution in [0.5, 0.6) is 0 Å². The predicted molar refractivity (Wildman–Crippen MR) is 67.5 cm³/mol. The molecule has 0 saturated carbocycles. The van der Waals surface area contributed by atoms with Gasteiger partial charge in [-0.3, -0.25) is 4.79 Å². The standard InChI is InChI=1S/C13H16F2O2S/c1-3-4-5-11(13(16)17-2)18-12-8-9(14)6-7-10(12)15/h6-8,11H,3-5H2,1-2H3. The first-order valence-corrected chi connectivity index (χ1v) is 6.66. The molecule has 0 saturated heterocycles. The lowest BCUT2D eigenvalue weighted by atomic mass is 10.2. The molecule has 0 bridgehead atoms. The zero-order valence-corrected chi connectivity index (χ0v) is 11.2. The summed E-state index contributed by atoms with van der Waals surface area (Å²) < 4.78 is 31.2. The normalized spacial score (nSPS) is 12.2. The third-order valence-corrected chi connectivity index (χ3v) is 3.73. The van der Waals surface area contributed by atoms with Gasteiger partial charge in [0.25, 0.3) is 0 Å². The summed E-state index contributed by atoms with van der Waals surface area (Å²) in [6.45, 7) is 2.00. The van der Waals surface area contributed by atoms with Crippen LogP contribution in [0.4, 0.5) is 8.78 Å². The molecule has 0 aliphatic rings. The first kappa shape index (κ1) is 15.0. The zero-order chi connectivity index (χ0) is 13.5. The minimum Gasteiger partial charge on any atom is -0.468 e. The first-order valence-electron chi connectivity index (χ1n) is 5.78. The second kappa shape index (κ2) is 7.36. The quantitative estimate of drug-likeness (QED) is 0.583. The number of methoxy groups -OCH3 is 1. The zero-order valence-electron chi connectivity index (χ0n) is 10.4. The highest BCUT2D eigenvalue weighted by atomic mass is 32.2. The summed E-state index contributed by atoms with van der Waals surface area (Å²) in [6, 6.07) is 3.21. The third kappa shape index (κ3) is 4.29. The molecule has 0 N–H and O–H groups in total. The minimum atomic E-state index is -0.521. The van der Waals surface area contributed by atoms with E-state index in [0.717, 1.165) is 42.8 Å². The lowest BCUT2D eigenvalue weighted by Crippen LogP contribution is -2.18. The van der Waals surface area contributed by atoms with E-state index in [1.54, 1.807) is 0 Å². The molecule has 100 valence electrons. The van der Waals surface area contributed by atoms with E-state index in [9.17, 15) is 13.6 Å². The summed E-state index contributed by atoms with van der Waals surface area (Å²) in [4.78, 5) is 11.7. The SMILES string of the molecule is CCCCC(Sc1cc(F)ccc1F)C(=O)OC. The van der Waals surface area contributed by atoms with Gasteiger partial charge in [0.05, 0.1) is 7.11 Å². The Balaban J connectivity index is 2.81. The molecule has 2 nitrogen and oxygen atoms in total. The molecule has 1 aromatic rings. The van der Waals surface area contributed by atoms with E-state index in [0.29, 0.717) is 6.42 Å². The molecule has 1 aromatic carbocycles. The highest BCUT2D eigenvalue weighted by Crippen LogP contribution is 2.30. The van der Waals surface area contributed by atoms with E-state index in [-0.39, 0.29) is 4.90 Å². The van der Waals surface area contributed by atoms with Crippen LogP contribution >= 0.6 is 11.8 Å². The average molecular weight is 274 g/mol. The molecular formula is C13H16F2O2S. The van der Waals surface area contributed by atoms with Gasteiger partial charge in [-0.25, -0.2) is 8.78 Å². The maximum absolute atomic E-state index is 13.5. The van der Waals surface area contributed by atoms with Crippen molar-refractivity contribution in [2.45, 2.75) is 36.3 Å². The van der Waals surface area contributed by atoms with Gasteiger partial charge in [-0.1, -0.05) is 19.8 Å². The molecule has 1 rings (SSSR count). The van der Waals surface area contributed by atoms with Crippen molar-refractivity contribution in [3.8, 4) is 0 Å². The minimum absolute atomic E-state index is 0.140. The molecule has 0 fully saturated rings. The first-order chi connectivity index (χ1) is 8.58. The highest BCUT2D eigenvalue weighted by Gasteiger charge is 2.21. The van der Waals surface area contributed by atoms with Gasteiger partial charge in [-0.2, -0.15) is 0 Å². The maximum Gasteiger partial charge on any atom is 0.319 e. The van der Waals surface area contributed by atoms with E-state index in [2.05, 4.69) is 4.74 Å². The second-order valence-corrected chi connectivity index (χ2v) is 5.09. The lowest BCUT2D eigenvalue weighted by Gasteiger charge is -2.14. The number of unbranched alkanes of at least 4 members (excludes halogenated alkanes) is 1. The number of benzene rings is 1. The van der Waals surface area contributed by atoms with Gasteiger partial charge in [-0.15, -0.1) is 11.8 Å². The van der Waals surface area contributed by atoms with Crippen molar-refractivity contribution in [2.75, 3.05) is 7.11 Å². The Morgan fingerprint density at radius 1 is 1.44 bits per heavy atom. The molecular weight excluding hydrogens is 258 g/mol. The molecule has 0 aliphatic carbocycles. The van der Waals surface area contributed by atoms with Crippen molar-refractivity contribution in [1.29, 1.82) is 0 Å². The Kier molecular flexibility index (Phi) is 6.12. The van der Waals surface area contributed by atoms with Gasteiger partial charge < -0.3 is 4.74 Å². The lowest BCUT2D eigenvalue weighted by molar-refractivity contribution is -0.140. The smallest absolute Gasteiger partial charge is 0.319 e. The van der Waals surface area contributed by atoms with Crippen LogP contribution in [0.3, 0.4) is 0 Å². The highest BCUT2D eigenvalue weighted by molar-refractivity contribution is 8.00. The number of halogens is 2. The van der Waals surface area contributed by atoms with Crippen LogP contribution in [-0.4, -0.2) is 18.3 Å². The van der Waals surface area contributed by atoms with E-state index in [1.807, 2.05) is 6.92 Å². The number of carbonyl (C=O) groups is 1. The van der Waals surface area contributed by atoms with Crippen molar-refractivity contribution >= 4 is 17.7 Å². The van der Waals surface area contributed by atoms with Crippen LogP contribution in [0.15, 0.2) is 23.1 Å². The van der Waals surface area contributed by atoms with E-state index >= 15 is 0 Å². The Labute approximate surface area is 110 Å². The van der Waals surface area contributed by atoms with E-state index in [4.69, 9.17) is 0 Å². The summed E-state index contributed by atoms with van der Waals surface area (Å²) in [6.07, 6.45) is 2.35. The van der Waals surface area contributed by atoms with Crippen molar-refractivity contribution in [1.82, 2.24) is 0 Å². The van der Waals surface area contributed by atoms with Crippen LogP contribution in [0.2, 0.25) is 0 Å². The molecule has 0 spiro atoms. The number of esters is 1. The van der Waals surface area contributed by atoms with Gasteiger partial charge in [-0.05, 0) is 24.6 Å². The fourth-order valence-corrected chi connectivity index (χ4v) is 2.61. The Morgan fingerprint density at radius 2 is 2.17 bits per heavy atom. The van der Waals surface area contributed by atoms with Crippen molar-refractivity contribution < 1.29 is 18.3 Å². The molecule has 1 atom stereocenters. The van der Waals surface area contributed by atoms with Crippen molar-refractivity contribution in [2.24, 2.45) is 0 Å². The Hall–Kier alpha value is -1.10. The average Bonchev–Trinajstić information content (AvgIpc) is 2.37. The molecule has 0 heterocycles. The topological polar surface area (TPSA) is 26.3 Å². The molecule has 5 heteroatoms. The van der Waals surface area contributed by atoms with Crippen LogP contribution in [-0.2, 0) is 9.53 Å². The molecule has 0 amide bonds. The molecule has 18 heavy (non-hydrogen) atoms. The summed E-state index contributed by atoms with van der Waals surface area (Å²) in [5.74, 6) is -1.44. The van der Waals surface area contributed by atoms with E-state index in [1.165, 1.54) is 7.11 Å². The fourth-order valence-electron chi connectivity index (χ4n) is 1.47. The van der Waals surface area contributed by atoms with Crippen LogP contribution in [0, 0.1) is 11.6 Å². The molecule has 0 aromatic heterocycles. The summed E-state index contributed by atoms with van der Waals surface area (Å²) in [5, 5.41) is -0.494. The Bertz CT molecular complexity index is 410. The number of ether oxygens (including phenoxy) is 1. The number of carbonyl (C=O) groups excluding carboxylic acids is 1. The third-order valence-electron chi connectivity index (χ3n) is 2.45. The van der Waals surface area contributed by atoms with Crippen molar-refractivity contribution in [3.05, 3.63) is 29.8 Å². The predicted octanol–water partition coefficient (Wildman–Crippen LogP) is 3.79. The van der Waals surface area contributed by atoms with Crippen molar-refractivity contribution in [3.63, 3.8) is 0 Å². The second-order valence-electron chi connectivity index (χ2n) is 3.85. The maximum atomic E-state index is 13.5. The summed E-state index contributed by atoms with van der Waals surface area (Å²) >= 11 is 1.01. The number of thioether (sulfide) groups is 1. The monoisotopic (exact) mass is 274 g/mol. The van der Waals surface area contributed by atoms with Crippen LogP contribution in [0.25, 0.3) is 0 Å². The number of hydrogen-bond acceptors (Lipinski definition) is 3. The molecule has 0 radical (unpaired) electrons. The van der Waals surface area contributed by atoms with Gasteiger partial charge >= 0.3 is 5.97 Å². The number of rotatable bonds is 6. The summed E-state index contributed by atoms with van der Waals surface area (Å²) in [5.41, 5.74) is 0. The largest absolute Gasteiger partial charge is 0.468 e. The van der Waals surface area contributed by atoms with Gasteiger partial charge in [0.2, 0.25) is 0 Å². The van der Waals surface area contributed by atoms with Gasteiger partial charge in [0.1, 0.15) is 16.9 Å². The van der Waals surface area contributed by atoms with Crippen LogP contribution in [0.1, 0.15) is 26.2 Å². The Morgan fingerprint density at radius 3 is 2.78 bits per heavy atom. The molecule has 1 unspecified atom stereocenters. The summed E-state index contributed by atoms with van der Waals surface area (Å²) in [7, 11) is 1.30. The number of hydrogen-bond donors (Lipinski definition) is 0. The van der Waals surface area contributed by atoms with E-state index < -0.39 is 22.9 Å². The fraction of sp³-hybridized carbons (Fsp3) is 0.462. The van der Waals surface area contributed by atoms with Gasteiger partial charge in [0.15, 0.2) is 0 Å². The van der Waals surface area contributed by atoms with Gasteiger partial charge in [0, 0.05) is 4.90 Å². The van der Waals surface area contributed by atoms with Crippen LogP contribution < -0.4 is 0 Å². The molecule has 0 aliphatic heterocycles.